The molecule has 0 heterocycles. The molecular formula is C14H18N2O5. The van der Waals surface area contributed by atoms with Crippen molar-refractivity contribution < 1.29 is 24.2 Å². The van der Waals surface area contributed by atoms with Gasteiger partial charge in [-0.1, -0.05) is 6.07 Å². The van der Waals surface area contributed by atoms with E-state index in [1.165, 1.54) is 0 Å². The molecule has 7 nitrogen and oxygen atoms in total. The highest BCUT2D eigenvalue weighted by molar-refractivity contribution is 5.88. The first-order chi connectivity index (χ1) is 9.77. The van der Waals surface area contributed by atoms with Crippen LogP contribution in [0.1, 0.15) is 17.5 Å². The van der Waals surface area contributed by atoms with Gasteiger partial charge in [0.15, 0.2) is 6.61 Å². The summed E-state index contributed by atoms with van der Waals surface area (Å²) in [6, 6.07) is 4.13. The summed E-state index contributed by atoms with van der Waals surface area (Å²) in [5.41, 5.74) is 6.90. The minimum Gasteiger partial charge on any atom is -0.484 e. The van der Waals surface area contributed by atoms with Crippen LogP contribution in [0, 0.1) is 13.8 Å². The quantitative estimate of drug-likeness (QED) is 0.660. The molecule has 0 aliphatic heterocycles. The highest BCUT2D eigenvalue weighted by Crippen LogP contribution is 2.15. The molecule has 21 heavy (non-hydrogen) atoms. The summed E-state index contributed by atoms with van der Waals surface area (Å²) in [6.45, 7) is 3.45. The molecule has 114 valence electrons. The lowest BCUT2D eigenvalue weighted by Crippen LogP contribution is -2.45. The van der Waals surface area contributed by atoms with Gasteiger partial charge < -0.3 is 20.9 Å². The number of primary amides is 1. The lowest BCUT2D eigenvalue weighted by Gasteiger charge is -2.13. The first-order valence-electron chi connectivity index (χ1n) is 6.29. The summed E-state index contributed by atoms with van der Waals surface area (Å²) in [4.78, 5) is 33.2. The summed E-state index contributed by atoms with van der Waals surface area (Å²) in [5.74, 6) is -2.25. The molecule has 1 aromatic carbocycles. The van der Waals surface area contributed by atoms with E-state index in [2.05, 4.69) is 5.32 Å². The van der Waals surface area contributed by atoms with Crippen molar-refractivity contribution in [2.24, 2.45) is 5.73 Å². The molecule has 0 saturated carbocycles. The smallest absolute Gasteiger partial charge is 0.326 e. The molecule has 0 bridgehead atoms. The highest BCUT2D eigenvalue weighted by atomic mass is 16.5. The molecule has 1 rings (SSSR count). The van der Waals surface area contributed by atoms with Crippen molar-refractivity contribution >= 4 is 17.8 Å². The van der Waals surface area contributed by atoms with Gasteiger partial charge in [-0.2, -0.15) is 0 Å². The molecule has 0 fully saturated rings. The van der Waals surface area contributed by atoms with Gasteiger partial charge in [0.05, 0.1) is 6.42 Å². The van der Waals surface area contributed by atoms with E-state index < -0.39 is 30.2 Å². The van der Waals surface area contributed by atoms with Crippen molar-refractivity contribution in [3.8, 4) is 5.75 Å². The molecule has 2 amide bonds. The Kier molecular flexibility index (Phi) is 5.71. The molecule has 0 aliphatic carbocycles. The van der Waals surface area contributed by atoms with Gasteiger partial charge in [-0.15, -0.1) is 0 Å². The van der Waals surface area contributed by atoms with Crippen molar-refractivity contribution in [3.05, 3.63) is 29.3 Å². The van der Waals surface area contributed by atoms with E-state index in [4.69, 9.17) is 15.6 Å². The third-order valence-electron chi connectivity index (χ3n) is 2.60. The number of amides is 2. The standard InChI is InChI=1S/C14H18N2O5/c1-8-3-9(2)5-10(4-8)21-7-13(18)16-11(14(19)20)6-12(15)17/h3-5,11H,6-7H2,1-2H3,(H2,15,17)(H,16,18)(H,19,20)/t11-/m1/s1. The van der Waals surface area contributed by atoms with Gasteiger partial charge in [-0.25, -0.2) is 4.79 Å². The number of benzene rings is 1. The number of carbonyl (C=O) groups excluding carboxylic acids is 2. The molecule has 0 aliphatic rings. The minimum atomic E-state index is -1.35. The van der Waals surface area contributed by atoms with Crippen LogP contribution in [0.3, 0.4) is 0 Å². The SMILES string of the molecule is Cc1cc(C)cc(OCC(=O)N[C@H](CC(N)=O)C(=O)O)c1. The number of hydrogen-bond donors (Lipinski definition) is 3. The van der Waals surface area contributed by atoms with Crippen LogP contribution in [0.5, 0.6) is 5.75 Å². The van der Waals surface area contributed by atoms with Crippen LogP contribution in [-0.4, -0.2) is 35.5 Å². The highest BCUT2D eigenvalue weighted by Gasteiger charge is 2.22. The maximum Gasteiger partial charge on any atom is 0.326 e. The zero-order valence-corrected chi connectivity index (χ0v) is 11.9. The number of carbonyl (C=O) groups is 3. The minimum absolute atomic E-state index is 0.342. The van der Waals surface area contributed by atoms with Crippen LogP contribution in [0.15, 0.2) is 18.2 Å². The van der Waals surface area contributed by atoms with Crippen molar-refractivity contribution in [3.63, 3.8) is 0 Å². The number of aliphatic carboxylic acids is 1. The average Bonchev–Trinajstić information content (AvgIpc) is 2.33. The Balaban J connectivity index is 2.56. The van der Waals surface area contributed by atoms with Crippen LogP contribution in [0.25, 0.3) is 0 Å². The molecule has 0 radical (unpaired) electrons. The Labute approximate surface area is 122 Å². The Morgan fingerprint density at radius 3 is 2.29 bits per heavy atom. The fraction of sp³-hybridized carbons (Fsp3) is 0.357. The largest absolute Gasteiger partial charge is 0.484 e. The molecule has 0 aromatic heterocycles. The van der Waals surface area contributed by atoms with E-state index in [0.29, 0.717) is 5.75 Å². The first-order valence-corrected chi connectivity index (χ1v) is 6.29. The number of rotatable bonds is 7. The predicted octanol–water partition coefficient (Wildman–Crippen LogP) is 0.127. The molecule has 0 saturated heterocycles. The Hall–Kier alpha value is -2.57. The summed E-state index contributed by atoms with van der Waals surface area (Å²) >= 11 is 0. The fourth-order valence-corrected chi connectivity index (χ4v) is 1.80. The van der Waals surface area contributed by atoms with Gasteiger partial charge in [-0.3, -0.25) is 9.59 Å². The van der Waals surface area contributed by atoms with E-state index in [1.807, 2.05) is 19.9 Å². The average molecular weight is 294 g/mol. The fourth-order valence-electron chi connectivity index (χ4n) is 1.80. The van der Waals surface area contributed by atoms with Gasteiger partial charge in [0.2, 0.25) is 5.91 Å². The molecule has 1 aromatic rings. The molecule has 4 N–H and O–H groups in total. The monoisotopic (exact) mass is 294 g/mol. The van der Waals surface area contributed by atoms with Crippen molar-refractivity contribution in [1.29, 1.82) is 0 Å². The number of nitrogens with one attached hydrogen (secondary N) is 1. The number of carboxylic acids is 1. The lowest BCUT2D eigenvalue weighted by atomic mass is 10.1. The summed E-state index contributed by atoms with van der Waals surface area (Å²) < 4.78 is 5.29. The van der Waals surface area contributed by atoms with Crippen LogP contribution < -0.4 is 15.8 Å². The number of carboxylic acid groups (broad SMARTS) is 1. The van der Waals surface area contributed by atoms with E-state index in [0.717, 1.165) is 11.1 Å². The second-order valence-electron chi connectivity index (χ2n) is 4.74. The van der Waals surface area contributed by atoms with Crippen LogP contribution in [-0.2, 0) is 14.4 Å². The molecular weight excluding hydrogens is 276 g/mol. The number of nitrogens with two attached hydrogens (primary N) is 1. The van der Waals surface area contributed by atoms with Gasteiger partial charge in [-0.05, 0) is 37.1 Å². The summed E-state index contributed by atoms with van der Waals surface area (Å²) in [6.07, 6.45) is -0.468. The van der Waals surface area contributed by atoms with Crippen molar-refractivity contribution in [2.75, 3.05) is 6.61 Å². The Morgan fingerprint density at radius 2 is 1.81 bits per heavy atom. The topological polar surface area (TPSA) is 119 Å². The van der Waals surface area contributed by atoms with Crippen molar-refractivity contribution in [2.45, 2.75) is 26.3 Å². The van der Waals surface area contributed by atoms with E-state index >= 15 is 0 Å². The number of aryl methyl sites for hydroxylation is 2. The van der Waals surface area contributed by atoms with Crippen molar-refractivity contribution in [1.82, 2.24) is 5.32 Å². The zero-order chi connectivity index (χ0) is 16.0. The molecule has 0 unspecified atom stereocenters. The predicted molar refractivity (Wildman–Crippen MR) is 74.8 cm³/mol. The third-order valence-corrected chi connectivity index (χ3v) is 2.60. The first kappa shape index (κ1) is 16.5. The van der Waals surface area contributed by atoms with Gasteiger partial charge in [0.25, 0.3) is 5.91 Å². The van der Waals surface area contributed by atoms with Crippen LogP contribution in [0.2, 0.25) is 0 Å². The van der Waals surface area contributed by atoms with Gasteiger partial charge >= 0.3 is 5.97 Å². The number of hydrogen-bond acceptors (Lipinski definition) is 4. The maximum atomic E-state index is 11.6. The van der Waals surface area contributed by atoms with Gasteiger partial charge in [0.1, 0.15) is 11.8 Å². The van der Waals surface area contributed by atoms with E-state index in [1.54, 1.807) is 12.1 Å². The summed E-state index contributed by atoms with van der Waals surface area (Å²) in [5, 5.41) is 11.0. The normalized spacial score (nSPS) is 11.5. The van der Waals surface area contributed by atoms with Crippen LogP contribution in [0.4, 0.5) is 0 Å². The van der Waals surface area contributed by atoms with Crippen LogP contribution >= 0.6 is 0 Å². The summed E-state index contributed by atoms with van der Waals surface area (Å²) in [7, 11) is 0. The van der Waals surface area contributed by atoms with E-state index in [9.17, 15) is 14.4 Å². The second kappa shape index (κ2) is 7.28. The number of ether oxygens (including phenoxy) is 1. The Bertz CT molecular complexity index is 536. The third kappa shape index (κ3) is 5.94. The molecule has 1 atom stereocenters. The van der Waals surface area contributed by atoms with Gasteiger partial charge in [0, 0.05) is 0 Å². The van der Waals surface area contributed by atoms with E-state index in [-0.39, 0.29) is 6.61 Å². The lowest BCUT2D eigenvalue weighted by molar-refractivity contribution is -0.143. The molecule has 0 spiro atoms. The molecule has 7 heteroatoms. The zero-order valence-electron chi connectivity index (χ0n) is 11.9. The second-order valence-corrected chi connectivity index (χ2v) is 4.74. The Morgan fingerprint density at radius 1 is 1.24 bits per heavy atom. The maximum absolute atomic E-state index is 11.6.